The Bertz CT molecular complexity index is 1060. The van der Waals surface area contributed by atoms with Crippen LogP contribution in [0.25, 0.3) is 11.0 Å². The molecule has 3 rings (SSSR count). The van der Waals surface area contributed by atoms with Gasteiger partial charge in [0.2, 0.25) is 0 Å². The molecule has 0 unspecified atom stereocenters. The van der Waals surface area contributed by atoms with Gasteiger partial charge in [0.1, 0.15) is 17.9 Å². The minimum Gasteiger partial charge on any atom is -0.482 e. The van der Waals surface area contributed by atoms with Crippen molar-refractivity contribution >= 4 is 16.9 Å². The van der Waals surface area contributed by atoms with Crippen LogP contribution in [0.4, 0.5) is 0 Å². The largest absolute Gasteiger partial charge is 0.482 e. The molecule has 0 saturated heterocycles. The smallest absolute Gasteiger partial charge is 0.344 e. The lowest BCUT2D eigenvalue weighted by Crippen LogP contribution is -2.16. The van der Waals surface area contributed by atoms with Crippen LogP contribution >= 0.6 is 0 Å². The summed E-state index contributed by atoms with van der Waals surface area (Å²) in [5, 5.41) is 0.765. The molecule has 5 heteroatoms. The highest BCUT2D eigenvalue weighted by molar-refractivity contribution is 5.82. The Hall–Kier alpha value is -3.08. The van der Waals surface area contributed by atoms with E-state index < -0.39 is 11.6 Å². The molecule has 146 valence electrons. The van der Waals surface area contributed by atoms with Crippen LogP contribution in [0.15, 0.2) is 51.7 Å². The van der Waals surface area contributed by atoms with Gasteiger partial charge in [0.05, 0.1) is 0 Å². The van der Waals surface area contributed by atoms with Gasteiger partial charge in [-0.15, -0.1) is 0 Å². The number of para-hydroxylation sites is 1. The summed E-state index contributed by atoms with van der Waals surface area (Å²) in [7, 11) is 0. The van der Waals surface area contributed by atoms with Crippen LogP contribution in [0.1, 0.15) is 42.0 Å². The molecule has 3 aromatic rings. The fourth-order valence-corrected chi connectivity index (χ4v) is 3.03. The average molecular weight is 380 g/mol. The van der Waals surface area contributed by atoms with E-state index in [0.717, 1.165) is 22.1 Å². The molecule has 1 heterocycles. The zero-order chi connectivity index (χ0) is 20.3. The van der Waals surface area contributed by atoms with Gasteiger partial charge in [0.25, 0.3) is 0 Å². The molecular weight excluding hydrogens is 356 g/mol. The summed E-state index contributed by atoms with van der Waals surface area (Å²) in [6.07, 6.45) is 0. The molecular formula is C23H24O5. The summed E-state index contributed by atoms with van der Waals surface area (Å²) in [5.74, 6) is 0.462. The number of ether oxygens (including phenoxy) is 2. The number of benzene rings is 2. The van der Waals surface area contributed by atoms with Crippen LogP contribution in [-0.2, 0) is 16.1 Å². The second-order valence-electron chi connectivity index (χ2n) is 7.17. The van der Waals surface area contributed by atoms with Crippen LogP contribution in [0.2, 0.25) is 0 Å². The van der Waals surface area contributed by atoms with E-state index in [-0.39, 0.29) is 19.1 Å². The molecule has 0 saturated carbocycles. The predicted octanol–water partition coefficient (Wildman–Crippen LogP) is 4.66. The molecule has 0 spiro atoms. The lowest BCUT2D eigenvalue weighted by molar-refractivity contribution is -0.147. The first kappa shape index (κ1) is 19.7. The van der Waals surface area contributed by atoms with Crippen molar-refractivity contribution in [2.75, 3.05) is 6.61 Å². The molecule has 0 radical (unpaired) electrons. The Morgan fingerprint density at radius 1 is 1.07 bits per heavy atom. The van der Waals surface area contributed by atoms with Gasteiger partial charge in [-0.3, -0.25) is 0 Å². The van der Waals surface area contributed by atoms with Gasteiger partial charge in [-0.05, 0) is 54.7 Å². The maximum atomic E-state index is 12.2. The minimum absolute atomic E-state index is 0.0153. The van der Waals surface area contributed by atoms with Crippen molar-refractivity contribution in [2.45, 2.75) is 40.2 Å². The van der Waals surface area contributed by atoms with Crippen LogP contribution < -0.4 is 10.4 Å². The van der Waals surface area contributed by atoms with E-state index in [2.05, 4.69) is 13.8 Å². The molecule has 0 aliphatic rings. The van der Waals surface area contributed by atoms with Gasteiger partial charge in [-0.1, -0.05) is 32.0 Å². The Morgan fingerprint density at radius 3 is 2.54 bits per heavy atom. The first-order chi connectivity index (χ1) is 13.3. The van der Waals surface area contributed by atoms with Gasteiger partial charge in [0.15, 0.2) is 6.61 Å². The van der Waals surface area contributed by atoms with Crippen molar-refractivity contribution in [2.24, 2.45) is 0 Å². The number of fused-ring (bicyclic) bond motifs is 1. The third kappa shape index (κ3) is 4.42. The summed E-state index contributed by atoms with van der Waals surface area (Å²) in [6, 6.07) is 12.7. The quantitative estimate of drug-likeness (QED) is 0.460. The van der Waals surface area contributed by atoms with E-state index >= 15 is 0 Å². The molecule has 28 heavy (non-hydrogen) atoms. The van der Waals surface area contributed by atoms with E-state index in [1.165, 1.54) is 6.07 Å². The second-order valence-corrected chi connectivity index (χ2v) is 7.17. The Morgan fingerprint density at radius 2 is 1.79 bits per heavy atom. The van der Waals surface area contributed by atoms with Gasteiger partial charge < -0.3 is 13.9 Å². The van der Waals surface area contributed by atoms with Crippen molar-refractivity contribution < 1.29 is 18.7 Å². The number of aryl methyl sites for hydroxylation is 2. The van der Waals surface area contributed by atoms with E-state index in [9.17, 15) is 9.59 Å². The summed E-state index contributed by atoms with van der Waals surface area (Å²) in [5.41, 5.74) is 3.77. The molecule has 0 fully saturated rings. The molecule has 5 nitrogen and oxygen atoms in total. The Kier molecular flexibility index (Phi) is 5.83. The highest BCUT2D eigenvalue weighted by Gasteiger charge is 2.12. The lowest BCUT2D eigenvalue weighted by Gasteiger charge is -2.13. The van der Waals surface area contributed by atoms with Crippen molar-refractivity contribution in [1.82, 2.24) is 0 Å². The highest BCUT2D eigenvalue weighted by Crippen LogP contribution is 2.26. The first-order valence-corrected chi connectivity index (χ1v) is 9.26. The zero-order valence-electron chi connectivity index (χ0n) is 16.6. The monoisotopic (exact) mass is 380 g/mol. The Balaban J connectivity index is 1.70. The standard InChI is InChI=1S/C23H24O5/c1-14(2)18-7-5-6-8-20(18)26-13-23(25)27-12-17-11-22(24)28-21-10-16(4)15(3)9-19(17)21/h5-11,14H,12-13H2,1-4H3. The number of hydrogen-bond acceptors (Lipinski definition) is 5. The third-order valence-electron chi connectivity index (χ3n) is 4.72. The molecule has 2 aromatic carbocycles. The lowest BCUT2D eigenvalue weighted by atomic mass is 10.0. The van der Waals surface area contributed by atoms with E-state index in [1.807, 2.05) is 50.2 Å². The SMILES string of the molecule is Cc1cc2oc(=O)cc(COC(=O)COc3ccccc3C(C)C)c2cc1C. The van der Waals surface area contributed by atoms with Crippen molar-refractivity contribution in [3.8, 4) is 5.75 Å². The molecule has 0 aliphatic carbocycles. The van der Waals surface area contributed by atoms with Gasteiger partial charge >= 0.3 is 11.6 Å². The molecule has 0 N–H and O–H groups in total. The van der Waals surface area contributed by atoms with Crippen LogP contribution in [0.3, 0.4) is 0 Å². The Labute approximate surface area is 163 Å². The second kappa shape index (κ2) is 8.30. The minimum atomic E-state index is -0.496. The van der Waals surface area contributed by atoms with Crippen LogP contribution in [0, 0.1) is 13.8 Å². The predicted molar refractivity (Wildman–Crippen MR) is 108 cm³/mol. The number of carbonyl (C=O) groups is 1. The van der Waals surface area contributed by atoms with Crippen LogP contribution in [0.5, 0.6) is 5.75 Å². The fraction of sp³-hybridized carbons (Fsp3) is 0.304. The van der Waals surface area contributed by atoms with E-state index in [4.69, 9.17) is 13.9 Å². The molecule has 0 aliphatic heterocycles. The summed E-state index contributed by atoms with van der Waals surface area (Å²) in [4.78, 5) is 24.0. The number of rotatable bonds is 6. The summed E-state index contributed by atoms with van der Waals surface area (Å²) < 4.78 is 16.2. The highest BCUT2D eigenvalue weighted by atomic mass is 16.6. The maximum Gasteiger partial charge on any atom is 0.344 e. The third-order valence-corrected chi connectivity index (χ3v) is 4.72. The number of hydrogen-bond donors (Lipinski definition) is 0. The summed E-state index contributed by atoms with van der Waals surface area (Å²) >= 11 is 0. The number of esters is 1. The van der Waals surface area contributed by atoms with Crippen molar-refractivity contribution in [1.29, 1.82) is 0 Å². The maximum absolute atomic E-state index is 12.2. The van der Waals surface area contributed by atoms with Gasteiger partial charge in [-0.25, -0.2) is 9.59 Å². The molecule has 1 aromatic heterocycles. The normalized spacial score (nSPS) is 11.0. The van der Waals surface area contributed by atoms with Crippen molar-refractivity contribution in [3.63, 3.8) is 0 Å². The first-order valence-electron chi connectivity index (χ1n) is 9.26. The average Bonchev–Trinajstić information content (AvgIpc) is 2.66. The topological polar surface area (TPSA) is 65.7 Å². The fourth-order valence-electron chi connectivity index (χ4n) is 3.03. The number of carbonyl (C=O) groups excluding carboxylic acids is 1. The van der Waals surface area contributed by atoms with Crippen LogP contribution in [-0.4, -0.2) is 12.6 Å². The van der Waals surface area contributed by atoms with Gasteiger partial charge in [-0.2, -0.15) is 0 Å². The van der Waals surface area contributed by atoms with Crippen molar-refractivity contribution in [3.05, 3.63) is 75.1 Å². The molecule has 0 amide bonds. The molecule has 0 bridgehead atoms. The van der Waals surface area contributed by atoms with E-state index in [1.54, 1.807) is 0 Å². The molecule has 0 atom stereocenters. The van der Waals surface area contributed by atoms with E-state index in [0.29, 0.717) is 16.9 Å². The summed E-state index contributed by atoms with van der Waals surface area (Å²) in [6.45, 7) is 7.86. The zero-order valence-corrected chi connectivity index (χ0v) is 16.6. The van der Waals surface area contributed by atoms with Gasteiger partial charge in [0, 0.05) is 17.0 Å².